The Balaban J connectivity index is 2.17. The lowest BCUT2D eigenvalue weighted by atomic mass is 10.0. The molecule has 0 spiro atoms. The zero-order chi connectivity index (χ0) is 13.7. The second kappa shape index (κ2) is 6.62. The van der Waals surface area contributed by atoms with Gasteiger partial charge < -0.3 is 9.84 Å². The molecule has 0 amide bonds. The van der Waals surface area contributed by atoms with E-state index in [0.717, 1.165) is 19.3 Å². The van der Waals surface area contributed by atoms with E-state index in [0.29, 0.717) is 10.8 Å². The summed E-state index contributed by atoms with van der Waals surface area (Å²) in [6.07, 6.45) is 9.57. The lowest BCUT2D eigenvalue weighted by molar-refractivity contribution is 0.0690. The van der Waals surface area contributed by atoms with Crippen molar-refractivity contribution in [2.24, 2.45) is 0 Å². The zero-order valence-corrected chi connectivity index (χ0v) is 11.4. The average Bonchev–Trinajstić information content (AvgIpc) is 2.34. The van der Waals surface area contributed by atoms with Gasteiger partial charge in [0.1, 0.15) is 17.4 Å². The Labute approximate surface area is 117 Å². The maximum Gasteiger partial charge on any atom is 0.339 e. The minimum atomic E-state index is -1.02. The number of aromatic carboxylic acids is 1. The molecule has 0 aromatic heterocycles. The van der Waals surface area contributed by atoms with Crippen LogP contribution in [0, 0.1) is 0 Å². The van der Waals surface area contributed by atoms with Gasteiger partial charge in [0, 0.05) is 5.02 Å². The second-order valence-corrected chi connectivity index (χ2v) is 5.10. The van der Waals surface area contributed by atoms with Gasteiger partial charge in [0.05, 0.1) is 0 Å². The third-order valence-electron chi connectivity index (χ3n) is 3.16. The van der Waals surface area contributed by atoms with Crippen LogP contribution >= 0.6 is 11.6 Å². The highest BCUT2D eigenvalue weighted by Crippen LogP contribution is 2.26. The average molecular weight is 281 g/mol. The molecule has 0 fully saturated rings. The summed E-state index contributed by atoms with van der Waals surface area (Å²) >= 11 is 5.82. The quantitative estimate of drug-likeness (QED) is 0.840. The summed E-state index contributed by atoms with van der Waals surface area (Å²) < 4.78 is 5.81. The topological polar surface area (TPSA) is 46.5 Å². The van der Waals surface area contributed by atoms with Crippen molar-refractivity contribution in [3.63, 3.8) is 0 Å². The zero-order valence-electron chi connectivity index (χ0n) is 10.6. The molecule has 1 unspecified atom stereocenters. The van der Waals surface area contributed by atoms with Gasteiger partial charge in [-0.05, 0) is 50.0 Å². The smallest absolute Gasteiger partial charge is 0.339 e. The molecule has 1 aromatic carbocycles. The number of rotatable bonds is 3. The predicted molar refractivity (Wildman–Crippen MR) is 75.1 cm³/mol. The molecule has 0 bridgehead atoms. The van der Waals surface area contributed by atoms with Gasteiger partial charge in [0.2, 0.25) is 0 Å². The first kappa shape index (κ1) is 13.9. The van der Waals surface area contributed by atoms with Crippen molar-refractivity contribution in [2.75, 3.05) is 0 Å². The minimum absolute atomic E-state index is 0.0559. The maximum absolute atomic E-state index is 11.2. The first-order chi connectivity index (χ1) is 9.16. The van der Waals surface area contributed by atoms with E-state index in [4.69, 9.17) is 21.4 Å². The largest absolute Gasteiger partial charge is 0.485 e. The molecule has 19 heavy (non-hydrogen) atoms. The SMILES string of the molecule is O=C(O)c1cc(Cl)ccc1OC1/C=C/CCCCC1. The van der Waals surface area contributed by atoms with Crippen LogP contribution in [-0.4, -0.2) is 17.2 Å². The van der Waals surface area contributed by atoms with Crippen LogP contribution < -0.4 is 4.74 Å². The lowest BCUT2D eigenvalue weighted by Crippen LogP contribution is -2.16. The number of hydrogen-bond acceptors (Lipinski definition) is 2. The van der Waals surface area contributed by atoms with E-state index >= 15 is 0 Å². The van der Waals surface area contributed by atoms with Gasteiger partial charge in [0.25, 0.3) is 0 Å². The summed E-state index contributed by atoms with van der Waals surface area (Å²) in [5.74, 6) is -0.639. The fourth-order valence-electron chi connectivity index (χ4n) is 2.16. The number of hydrogen-bond donors (Lipinski definition) is 1. The molecule has 102 valence electrons. The van der Waals surface area contributed by atoms with Crippen LogP contribution in [0.5, 0.6) is 5.75 Å². The highest BCUT2D eigenvalue weighted by molar-refractivity contribution is 6.31. The highest BCUT2D eigenvalue weighted by atomic mass is 35.5. The normalized spacial score (nSPS) is 21.2. The van der Waals surface area contributed by atoms with E-state index < -0.39 is 5.97 Å². The van der Waals surface area contributed by atoms with Gasteiger partial charge in [-0.15, -0.1) is 0 Å². The van der Waals surface area contributed by atoms with Crippen LogP contribution in [0.25, 0.3) is 0 Å². The van der Waals surface area contributed by atoms with Crippen LogP contribution in [0.15, 0.2) is 30.4 Å². The molecule has 1 aliphatic carbocycles. The first-order valence-corrected chi connectivity index (χ1v) is 6.91. The van der Waals surface area contributed by atoms with Crippen LogP contribution in [0.1, 0.15) is 42.5 Å². The number of benzene rings is 1. The molecule has 4 heteroatoms. The Morgan fingerprint density at radius 2 is 2.16 bits per heavy atom. The molecule has 0 radical (unpaired) electrons. The van der Waals surface area contributed by atoms with Crippen LogP contribution in [0.3, 0.4) is 0 Å². The Kier molecular flexibility index (Phi) is 4.86. The van der Waals surface area contributed by atoms with Crippen LogP contribution in [0.2, 0.25) is 5.02 Å². The van der Waals surface area contributed by atoms with Crippen molar-refractivity contribution < 1.29 is 14.6 Å². The van der Waals surface area contributed by atoms with Crippen molar-refractivity contribution in [1.29, 1.82) is 0 Å². The first-order valence-electron chi connectivity index (χ1n) is 6.53. The van der Waals surface area contributed by atoms with Gasteiger partial charge >= 0.3 is 5.97 Å². The third-order valence-corrected chi connectivity index (χ3v) is 3.40. The molecule has 0 aliphatic heterocycles. The van der Waals surface area contributed by atoms with Crippen LogP contribution in [-0.2, 0) is 0 Å². The van der Waals surface area contributed by atoms with Gasteiger partial charge in [-0.1, -0.05) is 24.1 Å². The molecule has 1 atom stereocenters. The Bertz CT molecular complexity index is 482. The Morgan fingerprint density at radius 3 is 2.95 bits per heavy atom. The molecule has 3 nitrogen and oxygen atoms in total. The summed E-state index contributed by atoms with van der Waals surface area (Å²) in [6, 6.07) is 4.69. The molecule has 0 saturated carbocycles. The van der Waals surface area contributed by atoms with E-state index in [2.05, 4.69) is 6.08 Å². The summed E-state index contributed by atoms with van der Waals surface area (Å²) in [5.41, 5.74) is 0.114. The summed E-state index contributed by atoms with van der Waals surface area (Å²) in [7, 11) is 0. The number of ether oxygens (including phenoxy) is 1. The van der Waals surface area contributed by atoms with E-state index in [1.54, 1.807) is 12.1 Å². The van der Waals surface area contributed by atoms with Gasteiger partial charge in [-0.2, -0.15) is 0 Å². The number of halogens is 1. The number of carbonyl (C=O) groups is 1. The Hall–Kier alpha value is -1.48. The molecular weight excluding hydrogens is 264 g/mol. The van der Waals surface area contributed by atoms with E-state index in [1.807, 2.05) is 6.08 Å². The van der Waals surface area contributed by atoms with Crippen molar-refractivity contribution in [1.82, 2.24) is 0 Å². The molecule has 0 heterocycles. The number of carboxylic acid groups (broad SMARTS) is 1. The minimum Gasteiger partial charge on any atom is -0.485 e. The monoisotopic (exact) mass is 280 g/mol. The lowest BCUT2D eigenvalue weighted by Gasteiger charge is -2.18. The molecule has 0 saturated heterocycles. The molecular formula is C15H17ClO3. The van der Waals surface area contributed by atoms with E-state index in [9.17, 15) is 4.79 Å². The fraction of sp³-hybridized carbons (Fsp3) is 0.400. The summed E-state index contributed by atoms with van der Waals surface area (Å²) in [6.45, 7) is 0. The van der Waals surface area contributed by atoms with E-state index in [-0.39, 0.29) is 11.7 Å². The maximum atomic E-state index is 11.2. The van der Waals surface area contributed by atoms with Crippen molar-refractivity contribution >= 4 is 17.6 Å². The fourth-order valence-corrected chi connectivity index (χ4v) is 2.33. The predicted octanol–water partition coefficient (Wildman–Crippen LogP) is 4.31. The highest BCUT2D eigenvalue weighted by Gasteiger charge is 2.16. The molecule has 1 aliphatic rings. The van der Waals surface area contributed by atoms with Crippen molar-refractivity contribution in [3.8, 4) is 5.75 Å². The van der Waals surface area contributed by atoms with Crippen LogP contribution in [0.4, 0.5) is 0 Å². The van der Waals surface area contributed by atoms with Gasteiger partial charge in [0.15, 0.2) is 0 Å². The van der Waals surface area contributed by atoms with E-state index in [1.165, 1.54) is 18.9 Å². The standard InChI is InChI=1S/C15H17ClO3/c16-11-8-9-14(13(10-11)15(17)18)19-12-6-4-2-1-3-5-7-12/h4,6,8-10,12H,1-3,5,7H2,(H,17,18)/b6-4+. The van der Waals surface area contributed by atoms with Crippen molar-refractivity contribution in [2.45, 2.75) is 38.2 Å². The third kappa shape index (κ3) is 4.00. The molecule has 1 N–H and O–H groups in total. The Morgan fingerprint density at radius 1 is 1.32 bits per heavy atom. The molecule has 1 aromatic rings. The van der Waals surface area contributed by atoms with Gasteiger partial charge in [-0.25, -0.2) is 4.79 Å². The summed E-state index contributed by atoms with van der Waals surface area (Å²) in [5, 5.41) is 9.56. The number of carboxylic acids is 1. The second-order valence-electron chi connectivity index (χ2n) is 4.67. The van der Waals surface area contributed by atoms with Crippen molar-refractivity contribution in [3.05, 3.63) is 40.9 Å². The molecule has 2 rings (SSSR count). The number of allylic oxidation sites excluding steroid dienone is 1. The summed E-state index contributed by atoms with van der Waals surface area (Å²) in [4.78, 5) is 11.2. The van der Waals surface area contributed by atoms with Gasteiger partial charge in [-0.3, -0.25) is 0 Å².